The number of nitrogens with zero attached hydrogens (tertiary/aromatic N) is 4. The second-order valence-corrected chi connectivity index (χ2v) is 8.19. The second-order valence-electron chi connectivity index (χ2n) is 8.19. The van der Waals surface area contributed by atoms with E-state index in [0.717, 1.165) is 16.9 Å². The molecule has 9 nitrogen and oxygen atoms in total. The summed E-state index contributed by atoms with van der Waals surface area (Å²) in [5.74, 6) is 3.46. The minimum atomic E-state index is -0.304. The first kappa shape index (κ1) is 24.3. The van der Waals surface area contributed by atoms with E-state index in [9.17, 15) is 9.59 Å². The maximum Gasteiger partial charge on any atom is 0.321 e. The molecule has 0 spiro atoms. The van der Waals surface area contributed by atoms with Gasteiger partial charge < -0.3 is 25.8 Å². The lowest BCUT2D eigenvalue weighted by Crippen LogP contribution is -2.50. The number of nitrogens with one attached hydrogen (secondary N) is 3. The van der Waals surface area contributed by atoms with E-state index in [-0.39, 0.29) is 11.9 Å². The quantitative estimate of drug-likeness (QED) is 0.364. The van der Waals surface area contributed by atoms with Gasteiger partial charge in [0.1, 0.15) is 5.82 Å². The molecule has 0 bridgehead atoms. The van der Waals surface area contributed by atoms with Crippen LogP contribution in [0, 0.1) is 19.3 Å². The lowest BCUT2D eigenvalue weighted by molar-refractivity contribution is -0.111. The molecule has 9 heteroatoms. The molecule has 3 amide bonds. The third-order valence-electron chi connectivity index (χ3n) is 5.73. The summed E-state index contributed by atoms with van der Waals surface area (Å²) >= 11 is 0. The summed E-state index contributed by atoms with van der Waals surface area (Å²) in [7, 11) is 0. The van der Waals surface area contributed by atoms with Crippen LogP contribution in [-0.2, 0) is 4.79 Å². The first-order valence-electron chi connectivity index (χ1n) is 11.5. The molecule has 1 aliphatic rings. The number of amides is 3. The number of terminal acetylenes is 1. The standard InChI is InChI=1S/C27H27N7O2/c1-4-20-10-12-21(13-11-20)29-27(36)34-16-14-33(15-17-34)25-19(3)18-28-26(32-25)31-23-9-7-6-8-22(23)30-24(35)5-2/h1,5-13,18H,2,14-17H2,3H3,(H,29,36)(H,30,35)(H,28,31,32). The average Bonchev–Trinajstić information content (AvgIpc) is 2.91. The summed E-state index contributed by atoms with van der Waals surface area (Å²) in [5.41, 5.74) is 3.66. The van der Waals surface area contributed by atoms with Crippen molar-refractivity contribution in [3.8, 4) is 12.3 Å². The van der Waals surface area contributed by atoms with Crippen LogP contribution >= 0.6 is 0 Å². The van der Waals surface area contributed by atoms with Crippen molar-refractivity contribution < 1.29 is 9.59 Å². The van der Waals surface area contributed by atoms with E-state index in [0.29, 0.717) is 49.2 Å². The van der Waals surface area contributed by atoms with Crippen molar-refractivity contribution in [2.45, 2.75) is 6.92 Å². The Kier molecular flexibility index (Phi) is 7.46. The molecule has 2 aromatic carbocycles. The summed E-state index contributed by atoms with van der Waals surface area (Å²) in [5, 5.41) is 8.87. The number of hydrogen-bond acceptors (Lipinski definition) is 6. The lowest BCUT2D eigenvalue weighted by atomic mass is 10.2. The Bertz CT molecular complexity index is 1310. The van der Waals surface area contributed by atoms with E-state index in [1.807, 2.05) is 25.1 Å². The Balaban J connectivity index is 1.40. The van der Waals surface area contributed by atoms with Crippen molar-refractivity contribution in [2.75, 3.05) is 47.0 Å². The van der Waals surface area contributed by atoms with E-state index >= 15 is 0 Å². The van der Waals surface area contributed by atoms with Crippen molar-refractivity contribution in [1.82, 2.24) is 14.9 Å². The van der Waals surface area contributed by atoms with Crippen LogP contribution in [0.2, 0.25) is 0 Å². The number of carbonyl (C=O) groups is 2. The summed E-state index contributed by atoms with van der Waals surface area (Å²) in [6, 6.07) is 14.3. The number of piperazine rings is 1. The van der Waals surface area contributed by atoms with Crippen LogP contribution in [0.25, 0.3) is 0 Å². The van der Waals surface area contributed by atoms with E-state index in [4.69, 9.17) is 11.4 Å². The van der Waals surface area contributed by atoms with Crippen molar-refractivity contribution in [3.63, 3.8) is 0 Å². The zero-order valence-electron chi connectivity index (χ0n) is 20.0. The number of aromatic nitrogens is 2. The van der Waals surface area contributed by atoms with Gasteiger partial charge in [-0.15, -0.1) is 6.42 Å². The van der Waals surface area contributed by atoms with Gasteiger partial charge in [-0.25, -0.2) is 9.78 Å². The molecular weight excluding hydrogens is 454 g/mol. The second kappa shape index (κ2) is 11.1. The molecule has 4 rings (SSSR count). The normalized spacial score (nSPS) is 12.9. The molecule has 3 N–H and O–H groups in total. The summed E-state index contributed by atoms with van der Waals surface area (Å²) in [6.45, 7) is 7.81. The topological polar surface area (TPSA) is 102 Å². The summed E-state index contributed by atoms with van der Waals surface area (Å²) in [4.78, 5) is 37.5. The number of carbonyl (C=O) groups excluding carboxylic acids is 2. The minimum absolute atomic E-state index is 0.150. The van der Waals surface area contributed by atoms with Gasteiger partial charge in [0.15, 0.2) is 0 Å². The van der Waals surface area contributed by atoms with Crippen molar-refractivity contribution >= 4 is 40.8 Å². The molecular formula is C27H27N7O2. The van der Waals surface area contributed by atoms with E-state index in [1.165, 1.54) is 6.08 Å². The molecule has 0 atom stereocenters. The molecule has 2 heterocycles. The zero-order chi connectivity index (χ0) is 25.5. The Labute approximate surface area is 210 Å². The van der Waals surface area contributed by atoms with Crippen LogP contribution in [0.15, 0.2) is 67.4 Å². The largest absolute Gasteiger partial charge is 0.353 e. The van der Waals surface area contributed by atoms with Crippen LogP contribution in [-0.4, -0.2) is 53.0 Å². The molecule has 0 radical (unpaired) electrons. The fourth-order valence-electron chi connectivity index (χ4n) is 3.79. The molecule has 1 aliphatic heterocycles. The fraction of sp³-hybridized carbons (Fsp3) is 0.185. The third-order valence-corrected chi connectivity index (χ3v) is 5.73. The molecule has 0 aliphatic carbocycles. The van der Waals surface area contributed by atoms with Crippen LogP contribution in [0.3, 0.4) is 0 Å². The highest BCUT2D eigenvalue weighted by molar-refractivity contribution is 6.01. The van der Waals surface area contributed by atoms with E-state index in [1.54, 1.807) is 41.4 Å². The maximum atomic E-state index is 12.7. The van der Waals surface area contributed by atoms with Gasteiger partial charge in [-0.2, -0.15) is 4.98 Å². The molecule has 3 aromatic rings. The van der Waals surface area contributed by atoms with Gasteiger partial charge >= 0.3 is 6.03 Å². The van der Waals surface area contributed by atoms with Gasteiger partial charge in [0.05, 0.1) is 11.4 Å². The minimum Gasteiger partial charge on any atom is -0.353 e. The monoisotopic (exact) mass is 481 g/mol. The Hall–Kier alpha value is -4.84. The molecule has 1 aromatic heterocycles. The van der Waals surface area contributed by atoms with Gasteiger partial charge in [-0.1, -0.05) is 24.6 Å². The molecule has 0 saturated carbocycles. The number of hydrogen-bond donors (Lipinski definition) is 3. The van der Waals surface area contributed by atoms with Gasteiger partial charge in [0.2, 0.25) is 11.9 Å². The SMILES string of the molecule is C#Cc1ccc(NC(=O)N2CCN(c3nc(Nc4ccccc4NC(=O)C=C)ncc3C)CC2)cc1. The molecule has 182 valence electrons. The molecule has 0 unspecified atom stereocenters. The van der Waals surface area contributed by atoms with Gasteiger partial charge in [-0.05, 0) is 49.4 Å². The average molecular weight is 482 g/mol. The third kappa shape index (κ3) is 5.80. The molecule has 1 fully saturated rings. The highest BCUT2D eigenvalue weighted by atomic mass is 16.2. The van der Waals surface area contributed by atoms with Crippen LogP contribution in [0.1, 0.15) is 11.1 Å². The van der Waals surface area contributed by atoms with Crippen molar-refractivity contribution in [1.29, 1.82) is 0 Å². The van der Waals surface area contributed by atoms with Crippen molar-refractivity contribution in [2.24, 2.45) is 0 Å². The first-order chi connectivity index (χ1) is 17.5. The lowest BCUT2D eigenvalue weighted by Gasteiger charge is -2.36. The van der Waals surface area contributed by atoms with Gasteiger partial charge in [0, 0.05) is 49.2 Å². The zero-order valence-corrected chi connectivity index (χ0v) is 20.0. The number of anilines is 5. The maximum absolute atomic E-state index is 12.7. The van der Waals surface area contributed by atoms with Gasteiger partial charge in [-0.3, -0.25) is 4.79 Å². The smallest absolute Gasteiger partial charge is 0.321 e. The number of aryl methyl sites for hydroxylation is 1. The molecule has 36 heavy (non-hydrogen) atoms. The summed E-state index contributed by atoms with van der Waals surface area (Å²) in [6.07, 6.45) is 8.36. The Morgan fingerprint density at radius 3 is 2.39 bits per heavy atom. The number of urea groups is 1. The number of benzene rings is 2. The number of rotatable bonds is 6. The van der Waals surface area contributed by atoms with Gasteiger partial charge in [0.25, 0.3) is 0 Å². The highest BCUT2D eigenvalue weighted by Gasteiger charge is 2.23. The van der Waals surface area contributed by atoms with E-state index in [2.05, 4.69) is 38.3 Å². The Morgan fingerprint density at radius 2 is 1.72 bits per heavy atom. The van der Waals surface area contributed by atoms with E-state index < -0.39 is 0 Å². The predicted octanol–water partition coefficient (Wildman–Crippen LogP) is 3.99. The predicted molar refractivity (Wildman–Crippen MR) is 143 cm³/mol. The summed E-state index contributed by atoms with van der Waals surface area (Å²) < 4.78 is 0. The van der Waals surface area contributed by atoms with Crippen LogP contribution in [0.4, 0.5) is 33.6 Å². The first-order valence-corrected chi connectivity index (χ1v) is 11.5. The fourth-order valence-corrected chi connectivity index (χ4v) is 3.79. The highest BCUT2D eigenvalue weighted by Crippen LogP contribution is 2.26. The Morgan fingerprint density at radius 1 is 1.03 bits per heavy atom. The van der Waals surface area contributed by atoms with Crippen LogP contribution < -0.4 is 20.9 Å². The molecule has 1 saturated heterocycles. The van der Waals surface area contributed by atoms with Crippen LogP contribution in [0.5, 0.6) is 0 Å². The number of para-hydroxylation sites is 2. The van der Waals surface area contributed by atoms with Crippen molar-refractivity contribution in [3.05, 3.63) is 78.5 Å².